The smallest absolute Gasteiger partial charge is 0.321 e. The van der Waals surface area contributed by atoms with Gasteiger partial charge in [0.1, 0.15) is 6.04 Å². The third-order valence-corrected chi connectivity index (χ3v) is 4.07. The number of nitrogens with zero attached hydrogens (tertiary/aromatic N) is 1. The number of anilines is 1. The van der Waals surface area contributed by atoms with E-state index in [0.717, 1.165) is 12.1 Å². The number of fused-ring (bicyclic) bond motifs is 1. The van der Waals surface area contributed by atoms with Crippen LogP contribution in [0.2, 0.25) is 0 Å². The molecule has 102 valence electrons. The third kappa shape index (κ3) is 3.27. The van der Waals surface area contributed by atoms with E-state index in [4.69, 9.17) is 10.8 Å². The van der Waals surface area contributed by atoms with Crippen LogP contribution in [0.1, 0.15) is 5.56 Å². The molecule has 0 aliphatic carbocycles. The van der Waals surface area contributed by atoms with Gasteiger partial charge in [-0.05, 0) is 18.1 Å². The summed E-state index contributed by atoms with van der Waals surface area (Å²) >= 11 is 1.26. The van der Waals surface area contributed by atoms with E-state index in [-0.39, 0.29) is 17.4 Å². The summed E-state index contributed by atoms with van der Waals surface area (Å²) in [4.78, 5) is 24.4. The van der Waals surface area contributed by atoms with Gasteiger partial charge in [0.25, 0.3) is 0 Å². The molecule has 0 saturated heterocycles. The molecule has 1 aliphatic heterocycles. The topological polar surface area (TPSA) is 83.6 Å². The molecule has 0 fully saturated rings. The van der Waals surface area contributed by atoms with Gasteiger partial charge in [-0.3, -0.25) is 9.59 Å². The average molecular weight is 280 g/mol. The van der Waals surface area contributed by atoms with Gasteiger partial charge in [-0.25, -0.2) is 0 Å². The third-order valence-electron chi connectivity index (χ3n) is 3.03. The molecule has 1 aromatic rings. The van der Waals surface area contributed by atoms with Gasteiger partial charge in [-0.15, -0.1) is 11.8 Å². The van der Waals surface area contributed by atoms with Gasteiger partial charge >= 0.3 is 5.97 Å². The maximum Gasteiger partial charge on any atom is 0.321 e. The predicted molar refractivity (Wildman–Crippen MR) is 75.4 cm³/mol. The Bertz CT molecular complexity index is 493. The van der Waals surface area contributed by atoms with Crippen molar-refractivity contribution in [3.63, 3.8) is 0 Å². The Kier molecular flexibility index (Phi) is 4.44. The predicted octanol–water partition coefficient (Wildman–Crippen LogP) is 0.721. The standard InChI is InChI=1S/C13H16N2O3S/c14-10(13(17)18)7-19-8-12(16)15-6-5-9-3-1-2-4-11(9)15/h1-4,10H,5-8,14H2,(H,17,18). The number of nitrogens with two attached hydrogens (primary N) is 1. The van der Waals surface area contributed by atoms with Gasteiger partial charge < -0.3 is 15.7 Å². The Balaban J connectivity index is 1.87. The summed E-state index contributed by atoms with van der Waals surface area (Å²) in [6, 6.07) is 6.93. The highest BCUT2D eigenvalue weighted by molar-refractivity contribution is 8.00. The minimum absolute atomic E-state index is 0.00698. The molecule has 19 heavy (non-hydrogen) atoms. The lowest BCUT2D eigenvalue weighted by molar-refractivity contribution is -0.137. The van der Waals surface area contributed by atoms with E-state index in [1.807, 2.05) is 24.3 Å². The highest BCUT2D eigenvalue weighted by Gasteiger charge is 2.24. The molecule has 6 heteroatoms. The molecule has 1 heterocycles. The van der Waals surface area contributed by atoms with E-state index >= 15 is 0 Å². The van der Waals surface area contributed by atoms with Gasteiger partial charge in [-0.1, -0.05) is 18.2 Å². The number of aliphatic carboxylic acids is 1. The van der Waals surface area contributed by atoms with E-state index in [2.05, 4.69) is 0 Å². The lowest BCUT2D eigenvalue weighted by atomic mass is 10.2. The Labute approximate surface area is 115 Å². The van der Waals surface area contributed by atoms with Gasteiger partial charge in [0.05, 0.1) is 5.75 Å². The van der Waals surface area contributed by atoms with Crippen LogP contribution >= 0.6 is 11.8 Å². The lowest BCUT2D eigenvalue weighted by Gasteiger charge is -2.17. The van der Waals surface area contributed by atoms with Gasteiger partial charge in [0, 0.05) is 18.0 Å². The number of carboxylic acids is 1. The summed E-state index contributed by atoms with van der Waals surface area (Å²) in [6.07, 6.45) is 0.876. The Morgan fingerprint density at radius 3 is 2.89 bits per heavy atom. The van der Waals surface area contributed by atoms with E-state index in [9.17, 15) is 9.59 Å². The molecule has 2 rings (SSSR count). The molecule has 1 amide bonds. The molecule has 1 unspecified atom stereocenters. The number of benzene rings is 1. The number of carbonyl (C=O) groups is 2. The lowest BCUT2D eigenvalue weighted by Crippen LogP contribution is -2.34. The SMILES string of the molecule is NC(CSCC(=O)N1CCc2ccccc21)C(=O)O. The van der Waals surface area contributed by atoms with Crippen LogP contribution in [0.3, 0.4) is 0 Å². The molecule has 0 radical (unpaired) electrons. The highest BCUT2D eigenvalue weighted by atomic mass is 32.2. The zero-order valence-electron chi connectivity index (χ0n) is 10.4. The molecule has 1 aromatic carbocycles. The van der Waals surface area contributed by atoms with Crippen molar-refractivity contribution in [1.82, 2.24) is 0 Å². The molecule has 1 atom stereocenters. The van der Waals surface area contributed by atoms with Crippen molar-refractivity contribution in [2.24, 2.45) is 5.73 Å². The van der Waals surface area contributed by atoms with Crippen LogP contribution in [0.4, 0.5) is 5.69 Å². The highest BCUT2D eigenvalue weighted by Crippen LogP contribution is 2.27. The first-order chi connectivity index (χ1) is 9.09. The number of para-hydroxylation sites is 1. The van der Waals surface area contributed by atoms with Crippen LogP contribution in [0.25, 0.3) is 0 Å². The first kappa shape index (κ1) is 13.9. The summed E-state index contributed by atoms with van der Waals surface area (Å²) in [5.41, 5.74) is 7.54. The number of carbonyl (C=O) groups excluding carboxylic acids is 1. The monoisotopic (exact) mass is 280 g/mol. The quantitative estimate of drug-likeness (QED) is 0.830. The van der Waals surface area contributed by atoms with Crippen molar-refractivity contribution in [2.45, 2.75) is 12.5 Å². The minimum atomic E-state index is -1.04. The van der Waals surface area contributed by atoms with Crippen LogP contribution in [0, 0.1) is 0 Å². The van der Waals surface area contributed by atoms with Crippen molar-refractivity contribution in [3.05, 3.63) is 29.8 Å². The first-order valence-electron chi connectivity index (χ1n) is 6.04. The Morgan fingerprint density at radius 1 is 1.42 bits per heavy atom. The largest absolute Gasteiger partial charge is 0.480 e. The molecular formula is C13H16N2O3S. The summed E-state index contributed by atoms with van der Waals surface area (Å²) in [6.45, 7) is 0.698. The molecule has 3 N–H and O–H groups in total. The van der Waals surface area contributed by atoms with Crippen molar-refractivity contribution >= 4 is 29.3 Å². The summed E-state index contributed by atoms with van der Waals surface area (Å²) in [5.74, 6) is -0.523. The number of thioether (sulfide) groups is 1. The molecule has 0 saturated carbocycles. The van der Waals surface area contributed by atoms with Crippen LogP contribution in [0.15, 0.2) is 24.3 Å². The number of rotatable bonds is 5. The zero-order valence-corrected chi connectivity index (χ0v) is 11.2. The van der Waals surface area contributed by atoms with Gasteiger partial charge in [-0.2, -0.15) is 0 Å². The van der Waals surface area contributed by atoms with E-state index < -0.39 is 12.0 Å². The second kappa shape index (κ2) is 6.08. The molecular weight excluding hydrogens is 264 g/mol. The Morgan fingerprint density at radius 2 is 2.16 bits per heavy atom. The number of hydrogen-bond donors (Lipinski definition) is 2. The molecule has 0 aromatic heterocycles. The van der Waals surface area contributed by atoms with Gasteiger partial charge in [0.15, 0.2) is 0 Å². The normalized spacial score (nSPS) is 15.1. The van der Waals surface area contributed by atoms with Gasteiger partial charge in [0.2, 0.25) is 5.91 Å². The molecule has 0 spiro atoms. The van der Waals surface area contributed by atoms with E-state index in [1.165, 1.54) is 17.3 Å². The average Bonchev–Trinajstić information content (AvgIpc) is 2.82. The zero-order chi connectivity index (χ0) is 13.8. The molecule has 1 aliphatic rings. The first-order valence-corrected chi connectivity index (χ1v) is 7.19. The fraction of sp³-hybridized carbons (Fsp3) is 0.385. The number of amides is 1. The van der Waals surface area contributed by atoms with Crippen molar-refractivity contribution in [1.29, 1.82) is 0 Å². The second-order valence-electron chi connectivity index (χ2n) is 4.38. The second-order valence-corrected chi connectivity index (χ2v) is 5.41. The van der Waals surface area contributed by atoms with Crippen molar-refractivity contribution < 1.29 is 14.7 Å². The number of carboxylic acid groups (broad SMARTS) is 1. The minimum Gasteiger partial charge on any atom is -0.480 e. The fourth-order valence-electron chi connectivity index (χ4n) is 2.02. The molecule has 0 bridgehead atoms. The van der Waals surface area contributed by atoms with E-state index in [1.54, 1.807) is 4.90 Å². The van der Waals surface area contributed by atoms with Crippen LogP contribution in [0.5, 0.6) is 0 Å². The summed E-state index contributed by atoms with van der Waals surface area (Å²) in [5, 5.41) is 8.66. The maximum atomic E-state index is 12.1. The fourth-order valence-corrected chi connectivity index (χ4v) is 2.86. The maximum absolute atomic E-state index is 12.1. The Hall–Kier alpha value is -1.53. The molecule has 5 nitrogen and oxygen atoms in total. The van der Waals surface area contributed by atoms with Crippen molar-refractivity contribution in [3.8, 4) is 0 Å². The van der Waals surface area contributed by atoms with Crippen LogP contribution in [-0.4, -0.2) is 41.1 Å². The summed E-state index contributed by atoms with van der Waals surface area (Å²) < 4.78 is 0. The van der Waals surface area contributed by atoms with E-state index in [0.29, 0.717) is 6.54 Å². The number of hydrogen-bond acceptors (Lipinski definition) is 4. The van der Waals surface area contributed by atoms with Crippen molar-refractivity contribution in [2.75, 3.05) is 23.0 Å². The summed E-state index contributed by atoms with van der Waals surface area (Å²) in [7, 11) is 0. The van der Waals surface area contributed by atoms with Crippen LogP contribution < -0.4 is 10.6 Å². The van der Waals surface area contributed by atoms with Crippen LogP contribution in [-0.2, 0) is 16.0 Å².